The minimum Gasteiger partial charge on any atom is -0.0732 e. The highest BCUT2D eigenvalue weighted by atomic mass is 14.3. The van der Waals surface area contributed by atoms with Gasteiger partial charge in [-0.2, -0.15) is 0 Å². The summed E-state index contributed by atoms with van der Waals surface area (Å²) < 4.78 is 0. The van der Waals surface area contributed by atoms with Crippen molar-refractivity contribution in [3.05, 3.63) is 55.7 Å². The molecule has 0 atom stereocenters. The minimum absolute atomic E-state index is 0.293. The molecule has 0 radical (unpaired) electrons. The van der Waals surface area contributed by atoms with Gasteiger partial charge in [0, 0.05) is 0 Å². The highest BCUT2D eigenvalue weighted by Crippen LogP contribution is 2.45. The molecule has 0 spiro atoms. The van der Waals surface area contributed by atoms with Crippen molar-refractivity contribution in [2.24, 2.45) is 5.41 Å². The molecule has 0 saturated carbocycles. The molecule has 146 valence electrons. The van der Waals surface area contributed by atoms with E-state index in [1.165, 1.54) is 63.8 Å². The molecular formula is C26H42. The smallest absolute Gasteiger partial charge is 0.0101 e. The van der Waals surface area contributed by atoms with Crippen LogP contribution in [0.25, 0.3) is 0 Å². The molecule has 0 N–H and O–H groups in total. The fourth-order valence-electron chi connectivity index (χ4n) is 4.42. The van der Waals surface area contributed by atoms with Gasteiger partial charge in [-0.1, -0.05) is 25.0 Å². The van der Waals surface area contributed by atoms with Crippen LogP contribution in [0.3, 0.4) is 0 Å². The van der Waals surface area contributed by atoms with E-state index in [1.54, 1.807) is 11.1 Å². The monoisotopic (exact) mass is 354 g/mol. The first kappa shape index (κ1) is 22.7. The molecule has 0 aliphatic heterocycles. The van der Waals surface area contributed by atoms with E-state index in [-0.39, 0.29) is 0 Å². The zero-order valence-corrected chi connectivity index (χ0v) is 19.6. The Kier molecular flexibility index (Phi) is 7.52. The zero-order chi connectivity index (χ0) is 20.4. The molecule has 0 unspecified atom stereocenters. The maximum Gasteiger partial charge on any atom is -0.0101 e. The van der Waals surface area contributed by atoms with E-state index in [9.17, 15) is 0 Å². The summed E-state index contributed by atoms with van der Waals surface area (Å²) in [6.45, 7) is 27.6. The maximum absolute atomic E-state index is 2.42. The Bertz CT molecular complexity index is 720. The quantitative estimate of drug-likeness (QED) is 0.442. The molecule has 0 aromatic carbocycles. The molecule has 1 aliphatic carbocycles. The van der Waals surface area contributed by atoms with Crippen molar-refractivity contribution in [2.75, 3.05) is 0 Å². The van der Waals surface area contributed by atoms with Crippen LogP contribution < -0.4 is 0 Å². The van der Waals surface area contributed by atoms with E-state index in [0.717, 1.165) is 0 Å². The van der Waals surface area contributed by atoms with Crippen LogP contribution in [0.1, 0.15) is 102 Å². The molecule has 0 heterocycles. The van der Waals surface area contributed by atoms with Crippen LogP contribution in [0.2, 0.25) is 0 Å². The topological polar surface area (TPSA) is 0 Å². The fraction of sp³-hybridized carbons (Fsp3) is 0.615. The maximum atomic E-state index is 2.42. The average Bonchev–Trinajstić information content (AvgIpc) is 2.56. The predicted octanol–water partition coefficient (Wildman–Crippen LogP) is 8.88. The molecule has 0 aromatic rings. The zero-order valence-electron chi connectivity index (χ0n) is 19.6. The summed E-state index contributed by atoms with van der Waals surface area (Å²) in [6.07, 6.45) is 3.87. The molecular weight excluding hydrogens is 312 g/mol. The molecule has 0 aromatic heterocycles. The first-order valence-corrected chi connectivity index (χ1v) is 10.2. The summed E-state index contributed by atoms with van der Waals surface area (Å²) in [5.74, 6) is 0. The van der Waals surface area contributed by atoms with Gasteiger partial charge in [0.2, 0.25) is 0 Å². The van der Waals surface area contributed by atoms with Crippen molar-refractivity contribution in [1.29, 1.82) is 0 Å². The van der Waals surface area contributed by atoms with Gasteiger partial charge in [0.05, 0.1) is 0 Å². The second-order valence-corrected chi connectivity index (χ2v) is 9.27. The van der Waals surface area contributed by atoms with E-state index in [2.05, 4.69) is 83.1 Å². The van der Waals surface area contributed by atoms with Crippen LogP contribution in [0, 0.1) is 5.41 Å². The van der Waals surface area contributed by atoms with Crippen LogP contribution >= 0.6 is 0 Å². The third-order valence-corrected chi connectivity index (χ3v) is 6.96. The van der Waals surface area contributed by atoms with Crippen LogP contribution in [0.4, 0.5) is 0 Å². The molecule has 0 heteroatoms. The standard InChI is InChI=1S/C26H42/c1-16(2)18(4)19(5)20(6)21(7)22(8)23(9)24(10)25-17(3)14-13-15-26(25,11)12/h13-15H2,1-12H3/b20-19+,22-21-,24-23+. The van der Waals surface area contributed by atoms with E-state index < -0.39 is 0 Å². The lowest BCUT2D eigenvalue weighted by atomic mass is 9.69. The Labute approximate surface area is 163 Å². The summed E-state index contributed by atoms with van der Waals surface area (Å²) in [7, 11) is 0. The normalized spacial score (nSPS) is 20.3. The van der Waals surface area contributed by atoms with Crippen LogP contribution in [-0.4, -0.2) is 0 Å². The lowest BCUT2D eigenvalue weighted by molar-refractivity contribution is 0.372. The third kappa shape index (κ3) is 4.70. The number of hydrogen-bond donors (Lipinski definition) is 0. The summed E-state index contributed by atoms with van der Waals surface area (Å²) >= 11 is 0. The minimum atomic E-state index is 0.293. The third-order valence-electron chi connectivity index (χ3n) is 6.96. The lowest BCUT2D eigenvalue weighted by Gasteiger charge is -2.36. The Balaban J connectivity index is 3.53. The van der Waals surface area contributed by atoms with Crippen molar-refractivity contribution in [2.45, 2.75) is 102 Å². The Morgan fingerprint density at radius 1 is 0.654 bits per heavy atom. The number of allylic oxidation sites excluding steroid dienone is 10. The van der Waals surface area contributed by atoms with Gasteiger partial charge < -0.3 is 0 Å². The summed E-state index contributed by atoms with van der Waals surface area (Å²) in [4.78, 5) is 0. The largest absolute Gasteiger partial charge is 0.0732 e. The molecule has 0 fully saturated rings. The summed E-state index contributed by atoms with van der Waals surface area (Å²) in [5.41, 5.74) is 14.9. The van der Waals surface area contributed by atoms with Crippen LogP contribution in [0.5, 0.6) is 0 Å². The first-order chi connectivity index (χ1) is 11.8. The summed E-state index contributed by atoms with van der Waals surface area (Å²) in [5, 5.41) is 0. The van der Waals surface area contributed by atoms with Crippen molar-refractivity contribution >= 4 is 0 Å². The van der Waals surface area contributed by atoms with Gasteiger partial charge >= 0.3 is 0 Å². The van der Waals surface area contributed by atoms with Gasteiger partial charge in [0.25, 0.3) is 0 Å². The van der Waals surface area contributed by atoms with E-state index >= 15 is 0 Å². The number of rotatable bonds is 4. The number of hydrogen-bond acceptors (Lipinski definition) is 0. The molecule has 0 bridgehead atoms. The van der Waals surface area contributed by atoms with Gasteiger partial charge in [-0.3, -0.25) is 0 Å². The second-order valence-electron chi connectivity index (χ2n) is 9.27. The van der Waals surface area contributed by atoms with E-state index in [0.29, 0.717) is 5.41 Å². The molecule has 0 amide bonds. The fourth-order valence-corrected chi connectivity index (χ4v) is 4.42. The lowest BCUT2D eigenvalue weighted by Crippen LogP contribution is -2.21. The first-order valence-electron chi connectivity index (χ1n) is 10.2. The van der Waals surface area contributed by atoms with Crippen molar-refractivity contribution in [3.8, 4) is 0 Å². The highest BCUT2D eigenvalue weighted by molar-refractivity contribution is 5.52. The van der Waals surface area contributed by atoms with Gasteiger partial charge in [-0.15, -0.1) is 0 Å². The molecule has 1 rings (SSSR count). The Hall–Kier alpha value is -1.30. The van der Waals surface area contributed by atoms with E-state index in [4.69, 9.17) is 0 Å². The van der Waals surface area contributed by atoms with Gasteiger partial charge in [-0.05, 0) is 138 Å². The molecule has 26 heavy (non-hydrogen) atoms. The van der Waals surface area contributed by atoms with Crippen molar-refractivity contribution in [3.63, 3.8) is 0 Å². The Morgan fingerprint density at radius 2 is 1.08 bits per heavy atom. The molecule has 0 saturated heterocycles. The van der Waals surface area contributed by atoms with E-state index in [1.807, 2.05) is 0 Å². The van der Waals surface area contributed by atoms with Gasteiger partial charge in [-0.25, -0.2) is 0 Å². The second kappa shape index (κ2) is 8.59. The predicted molar refractivity (Wildman–Crippen MR) is 120 cm³/mol. The van der Waals surface area contributed by atoms with Crippen LogP contribution in [0.15, 0.2) is 55.7 Å². The molecule has 1 aliphatic rings. The highest BCUT2D eigenvalue weighted by Gasteiger charge is 2.30. The van der Waals surface area contributed by atoms with Crippen molar-refractivity contribution in [1.82, 2.24) is 0 Å². The Morgan fingerprint density at radius 3 is 1.50 bits per heavy atom. The summed E-state index contributed by atoms with van der Waals surface area (Å²) in [6, 6.07) is 0. The average molecular weight is 355 g/mol. The van der Waals surface area contributed by atoms with Crippen LogP contribution in [-0.2, 0) is 0 Å². The van der Waals surface area contributed by atoms with Gasteiger partial charge in [0.15, 0.2) is 0 Å². The SMILES string of the molecule is CC(C)=C(C)/C(C)=C(C)/C(C)=C(C)\C(C)=C(/C)C1=C(C)CCCC1(C)C. The van der Waals surface area contributed by atoms with Crippen molar-refractivity contribution < 1.29 is 0 Å². The molecule has 0 nitrogen and oxygen atoms in total. The van der Waals surface area contributed by atoms with Gasteiger partial charge in [0.1, 0.15) is 0 Å².